The zero-order valence-corrected chi connectivity index (χ0v) is 14.0. The van der Waals surface area contributed by atoms with Crippen LogP contribution in [0.2, 0.25) is 0 Å². The number of nitrogens with zero attached hydrogens (tertiary/aromatic N) is 5. The summed E-state index contributed by atoms with van der Waals surface area (Å²) in [5, 5.41) is 7.14. The first-order valence-electron chi connectivity index (χ1n) is 8.23. The second-order valence-corrected chi connectivity index (χ2v) is 6.08. The number of amides is 1. The summed E-state index contributed by atoms with van der Waals surface area (Å²) in [6, 6.07) is 11.3. The van der Waals surface area contributed by atoms with Crippen LogP contribution in [0, 0.1) is 0 Å². The van der Waals surface area contributed by atoms with E-state index in [4.69, 9.17) is 0 Å². The Bertz CT molecular complexity index is 956. The van der Waals surface area contributed by atoms with Gasteiger partial charge < -0.3 is 9.47 Å². The van der Waals surface area contributed by atoms with E-state index in [1.54, 1.807) is 48.7 Å². The highest BCUT2D eigenvalue weighted by atomic mass is 19.4. The van der Waals surface area contributed by atoms with Crippen LogP contribution in [0.5, 0.6) is 0 Å². The fraction of sp³-hybridized carbons (Fsp3) is 0.222. The van der Waals surface area contributed by atoms with Crippen LogP contribution in [-0.4, -0.2) is 37.1 Å². The average Bonchev–Trinajstić information content (AvgIpc) is 3.12. The van der Waals surface area contributed by atoms with E-state index in [1.165, 1.54) is 11.1 Å². The van der Waals surface area contributed by atoms with E-state index in [0.717, 1.165) is 4.57 Å². The van der Waals surface area contributed by atoms with E-state index >= 15 is 0 Å². The van der Waals surface area contributed by atoms with Crippen LogP contribution >= 0.6 is 0 Å². The average molecular weight is 373 g/mol. The van der Waals surface area contributed by atoms with Crippen molar-refractivity contribution in [3.63, 3.8) is 0 Å². The monoisotopic (exact) mass is 373 g/mol. The third-order valence-corrected chi connectivity index (χ3v) is 4.44. The minimum atomic E-state index is -4.61. The van der Waals surface area contributed by atoms with Gasteiger partial charge in [0.1, 0.15) is 6.04 Å². The molecule has 2 aromatic heterocycles. The van der Waals surface area contributed by atoms with Crippen LogP contribution in [0.4, 0.5) is 13.2 Å². The number of alkyl halides is 3. The molecule has 1 atom stereocenters. The standard InChI is InChI=1S/C18H14F3N5O/c19-18(20,21)17-24-23-15-14(12-5-2-1-3-6-12)25(9-10-26(15)17)16(27)13-7-4-8-22-11-13/h1-8,11,14H,9-10H2. The quantitative estimate of drug-likeness (QED) is 0.693. The molecule has 1 aliphatic rings. The van der Waals surface area contributed by atoms with Gasteiger partial charge in [-0.2, -0.15) is 13.2 Å². The number of aromatic nitrogens is 4. The van der Waals surface area contributed by atoms with Crippen molar-refractivity contribution in [1.82, 2.24) is 24.6 Å². The molecule has 6 nitrogen and oxygen atoms in total. The van der Waals surface area contributed by atoms with E-state index in [0.29, 0.717) is 11.1 Å². The molecule has 3 aromatic rings. The van der Waals surface area contributed by atoms with Crippen molar-refractivity contribution in [2.75, 3.05) is 6.54 Å². The molecule has 1 unspecified atom stereocenters. The van der Waals surface area contributed by atoms with Crippen molar-refractivity contribution in [2.24, 2.45) is 0 Å². The normalized spacial score (nSPS) is 16.9. The van der Waals surface area contributed by atoms with Gasteiger partial charge in [0, 0.05) is 25.5 Å². The van der Waals surface area contributed by atoms with Gasteiger partial charge in [0.2, 0.25) is 5.82 Å². The molecule has 0 saturated heterocycles. The summed E-state index contributed by atoms with van der Waals surface area (Å²) in [4.78, 5) is 18.5. The predicted octanol–water partition coefficient (Wildman–Crippen LogP) is 2.94. The van der Waals surface area contributed by atoms with Gasteiger partial charge in [-0.15, -0.1) is 10.2 Å². The summed E-state index contributed by atoms with van der Waals surface area (Å²) >= 11 is 0. The first-order chi connectivity index (χ1) is 13.0. The number of hydrogen-bond donors (Lipinski definition) is 0. The molecule has 3 heterocycles. The van der Waals surface area contributed by atoms with Gasteiger partial charge in [0.05, 0.1) is 5.56 Å². The van der Waals surface area contributed by atoms with Gasteiger partial charge in [0.15, 0.2) is 5.82 Å². The SMILES string of the molecule is O=C(c1cccnc1)N1CCn2c(nnc2C(F)(F)F)C1c1ccccc1. The lowest BCUT2D eigenvalue weighted by atomic mass is 10.0. The maximum absolute atomic E-state index is 13.2. The zero-order chi connectivity index (χ0) is 19.0. The molecule has 0 aliphatic carbocycles. The number of hydrogen-bond acceptors (Lipinski definition) is 4. The maximum atomic E-state index is 13.2. The first-order valence-corrected chi connectivity index (χ1v) is 8.23. The summed E-state index contributed by atoms with van der Waals surface area (Å²) in [5.41, 5.74) is 1.03. The van der Waals surface area contributed by atoms with Gasteiger partial charge >= 0.3 is 6.18 Å². The highest BCUT2D eigenvalue weighted by Crippen LogP contribution is 2.36. The van der Waals surface area contributed by atoms with Crippen LogP contribution in [-0.2, 0) is 12.7 Å². The topological polar surface area (TPSA) is 63.9 Å². The van der Waals surface area contributed by atoms with E-state index in [-0.39, 0.29) is 24.8 Å². The van der Waals surface area contributed by atoms with Crippen LogP contribution in [0.15, 0.2) is 54.9 Å². The summed E-state index contributed by atoms with van der Waals surface area (Å²) in [6.45, 7) is 0.0634. The summed E-state index contributed by atoms with van der Waals surface area (Å²) in [6.07, 6.45) is -1.62. The number of pyridine rings is 1. The Balaban J connectivity index is 1.82. The van der Waals surface area contributed by atoms with E-state index in [9.17, 15) is 18.0 Å². The van der Waals surface area contributed by atoms with E-state index in [1.807, 2.05) is 0 Å². The van der Waals surface area contributed by atoms with Gasteiger partial charge in [-0.3, -0.25) is 9.78 Å². The Morgan fingerprint density at radius 1 is 1.04 bits per heavy atom. The number of carbonyl (C=O) groups excluding carboxylic acids is 1. The zero-order valence-electron chi connectivity index (χ0n) is 14.0. The van der Waals surface area contributed by atoms with Gasteiger partial charge in [-0.1, -0.05) is 30.3 Å². The Morgan fingerprint density at radius 2 is 1.81 bits per heavy atom. The minimum absolute atomic E-state index is 0.0352. The van der Waals surface area contributed by atoms with Crippen molar-refractivity contribution in [1.29, 1.82) is 0 Å². The second-order valence-electron chi connectivity index (χ2n) is 6.08. The predicted molar refractivity (Wildman–Crippen MR) is 88.6 cm³/mol. The fourth-order valence-electron chi connectivity index (χ4n) is 3.26. The van der Waals surface area contributed by atoms with Crippen molar-refractivity contribution < 1.29 is 18.0 Å². The Kier molecular flexibility index (Phi) is 4.14. The molecule has 1 aromatic carbocycles. The molecule has 4 rings (SSSR count). The van der Waals surface area contributed by atoms with Crippen LogP contribution < -0.4 is 0 Å². The Morgan fingerprint density at radius 3 is 2.48 bits per heavy atom. The maximum Gasteiger partial charge on any atom is 0.451 e. The fourth-order valence-corrected chi connectivity index (χ4v) is 3.26. The molecular formula is C18H14F3N5O. The van der Waals surface area contributed by atoms with Crippen LogP contribution in [0.1, 0.15) is 33.6 Å². The number of fused-ring (bicyclic) bond motifs is 1. The molecule has 0 spiro atoms. The first kappa shape index (κ1) is 17.2. The molecular weight excluding hydrogens is 359 g/mol. The lowest BCUT2D eigenvalue weighted by molar-refractivity contribution is -0.148. The third-order valence-electron chi connectivity index (χ3n) is 4.44. The number of halogens is 3. The van der Waals surface area contributed by atoms with Gasteiger partial charge in [-0.25, -0.2) is 0 Å². The smallest absolute Gasteiger partial charge is 0.322 e. The lowest BCUT2D eigenvalue weighted by Gasteiger charge is -2.36. The van der Waals surface area contributed by atoms with Gasteiger partial charge in [0.25, 0.3) is 5.91 Å². The molecule has 0 saturated carbocycles. The number of carbonyl (C=O) groups is 1. The van der Waals surface area contributed by atoms with Crippen LogP contribution in [0.25, 0.3) is 0 Å². The van der Waals surface area contributed by atoms with Crippen LogP contribution in [0.3, 0.4) is 0 Å². The third kappa shape index (κ3) is 3.05. The van der Waals surface area contributed by atoms with Crippen molar-refractivity contribution in [3.05, 3.63) is 77.6 Å². The molecule has 1 aliphatic heterocycles. The largest absolute Gasteiger partial charge is 0.451 e. The van der Waals surface area contributed by atoms with Crippen molar-refractivity contribution >= 4 is 5.91 Å². The highest BCUT2D eigenvalue weighted by Gasteiger charge is 2.43. The molecule has 0 fully saturated rings. The number of benzene rings is 1. The summed E-state index contributed by atoms with van der Waals surface area (Å²) < 4.78 is 40.8. The molecule has 9 heteroatoms. The minimum Gasteiger partial charge on any atom is -0.322 e. The van der Waals surface area contributed by atoms with Gasteiger partial charge in [-0.05, 0) is 17.7 Å². The molecule has 1 amide bonds. The lowest BCUT2D eigenvalue weighted by Crippen LogP contribution is -2.43. The van der Waals surface area contributed by atoms with E-state index in [2.05, 4.69) is 15.2 Å². The molecule has 27 heavy (non-hydrogen) atoms. The van der Waals surface area contributed by atoms with Crippen molar-refractivity contribution in [2.45, 2.75) is 18.8 Å². The molecule has 0 bridgehead atoms. The summed E-state index contributed by atoms with van der Waals surface area (Å²) in [7, 11) is 0. The van der Waals surface area contributed by atoms with Crippen molar-refractivity contribution in [3.8, 4) is 0 Å². The summed E-state index contributed by atoms with van der Waals surface area (Å²) in [5.74, 6) is -1.27. The second kappa shape index (κ2) is 6.49. The Labute approximate surface area is 152 Å². The highest BCUT2D eigenvalue weighted by molar-refractivity contribution is 5.94. The van der Waals surface area contributed by atoms with E-state index < -0.39 is 18.0 Å². The molecule has 0 radical (unpaired) electrons. The number of rotatable bonds is 2. The molecule has 0 N–H and O–H groups in total. The Hall–Kier alpha value is -3.23. The molecule has 138 valence electrons.